The number of hydrogen-bond donors (Lipinski definition) is 1. The topological polar surface area (TPSA) is 64.1 Å². The normalized spacial score (nSPS) is 11.0. The van der Waals surface area contributed by atoms with E-state index in [4.69, 9.17) is 0 Å². The Morgan fingerprint density at radius 2 is 2.04 bits per heavy atom. The van der Waals surface area contributed by atoms with E-state index in [2.05, 4.69) is 20.0 Å². The molecule has 0 aliphatic carbocycles. The van der Waals surface area contributed by atoms with Crippen LogP contribution in [0.15, 0.2) is 47.1 Å². The van der Waals surface area contributed by atoms with Crippen molar-refractivity contribution in [3.63, 3.8) is 0 Å². The number of amides is 1. The van der Waals surface area contributed by atoms with Gasteiger partial charge in [0.15, 0.2) is 0 Å². The molecule has 3 rings (SSSR count). The summed E-state index contributed by atoms with van der Waals surface area (Å²) >= 11 is 2.83. The predicted molar refractivity (Wildman–Crippen MR) is 89.8 cm³/mol. The summed E-state index contributed by atoms with van der Waals surface area (Å²) in [4.78, 5) is 21.2. The molecule has 2 aromatic heterocycles. The van der Waals surface area contributed by atoms with Gasteiger partial charge in [-0.1, -0.05) is 11.8 Å². The molecule has 124 valence electrons. The number of benzene rings is 1. The molecule has 3 aromatic rings. The number of hydrogen-bond acceptors (Lipinski definition) is 6. The number of halogens is 2. The third kappa shape index (κ3) is 4.18. The van der Waals surface area contributed by atoms with E-state index >= 15 is 0 Å². The average Bonchev–Trinajstić information content (AvgIpc) is 3.03. The number of alkyl halides is 2. The third-order valence-electron chi connectivity index (χ3n) is 2.93. The molecular formula is C15H11F2N3O2S2. The molecule has 0 atom stereocenters. The molecule has 0 saturated carbocycles. The lowest BCUT2D eigenvalue weighted by Crippen LogP contribution is -2.14. The largest absolute Gasteiger partial charge is 0.435 e. The van der Waals surface area contributed by atoms with E-state index in [1.165, 1.54) is 53.7 Å². The van der Waals surface area contributed by atoms with E-state index in [0.29, 0.717) is 5.69 Å². The lowest BCUT2D eigenvalue weighted by molar-refractivity contribution is -0.113. The fraction of sp³-hybridized carbons (Fsp3) is 0.133. The lowest BCUT2D eigenvalue weighted by Gasteiger charge is -2.07. The minimum atomic E-state index is -2.87. The van der Waals surface area contributed by atoms with Crippen LogP contribution in [0.2, 0.25) is 0 Å². The second kappa shape index (κ2) is 7.54. The summed E-state index contributed by atoms with van der Waals surface area (Å²) in [6.45, 7) is -2.87. The van der Waals surface area contributed by atoms with Crippen LogP contribution in [0.4, 0.5) is 14.5 Å². The first-order valence-electron chi connectivity index (χ1n) is 6.77. The van der Waals surface area contributed by atoms with Crippen molar-refractivity contribution < 1.29 is 18.3 Å². The van der Waals surface area contributed by atoms with E-state index in [9.17, 15) is 13.6 Å². The quantitative estimate of drug-likeness (QED) is 0.527. The minimum Gasteiger partial charge on any atom is -0.435 e. The van der Waals surface area contributed by atoms with Gasteiger partial charge in [-0.3, -0.25) is 4.79 Å². The fourth-order valence-corrected chi connectivity index (χ4v) is 3.51. The van der Waals surface area contributed by atoms with Gasteiger partial charge in [-0.2, -0.15) is 8.78 Å². The number of anilines is 1. The molecule has 5 nitrogen and oxygen atoms in total. The van der Waals surface area contributed by atoms with Crippen molar-refractivity contribution in [1.29, 1.82) is 0 Å². The first-order valence-corrected chi connectivity index (χ1v) is 8.64. The Balaban J connectivity index is 1.57. The Morgan fingerprint density at radius 1 is 1.25 bits per heavy atom. The molecule has 1 aromatic carbocycles. The van der Waals surface area contributed by atoms with E-state index < -0.39 is 6.61 Å². The smallest absolute Gasteiger partial charge is 0.387 e. The Labute approximate surface area is 144 Å². The maximum Gasteiger partial charge on any atom is 0.387 e. The van der Waals surface area contributed by atoms with Crippen LogP contribution in [0.5, 0.6) is 5.75 Å². The Kier molecular flexibility index (Phi) is 5.21. The maximum atomic E-state index is 12.1. The summed E-state index contributed by atoms with van der Waals surface area (Å²) in [6, 6.07) is 7.66. The molecule has 9 heteroatoms. The van der Waals surface area contributed by atoms with Crippen LogP contribution in [0, 0.1) is 0 Å². The van der Waals surface area contributed by atoms with Gasteiger partial charge in [0.25, 0.3) is 0 Å². The highest BCUT2D eigenvalue weighted by Gasteiger charge is 2.09. The molecule has 1 N–H and O–H groups in total. The van der Waals surface area contributed by atoms with Crippen molar-refractivity contribution in [3.8, 4) is 5.75 Å². The lowest BCUT2D eigenvalue weighted by atomic mass is 10.3. The van der Waals surface area contributed by atoms with Crippen molar-refractivity contribution in [2.75, 3.05) is 11.1 Å². The number of thiophene rings is 1. The molecule has 1 amide bonds. The monoisotopic (exact) mass is 367 g/mol. The van der Waals surface area contributed by atoms with Crippen molar-refractivity contribution in [2.45, 2.75) is 11.6 Å². The number of rotatable bonds is 6. The van der Waals surface area contributed by atoms with Crippen LogP contribution in [0.3, 0.4) is 0 Å². The molecule has 0 radical (unpaired) electrons. The molecule has 0 aliphatic heterocycles. The van der Waals surface area contributed by atoms with Crippen molar-refractivity contribution in [2.24, 2.45) is 0 Å². The highest BCUT2D eigenvalue weighted by atomic mass is 32.2. The van der Waals surface area contributed by atoms with Crippen LogP contribution < -0.4 is 10.1 Å². The fourth-order valence-electron chi connectivity index (χ4n) is 1.93. The number of carbonyl (C=O) groups excluding carboxylic acids is 1. The second-order valence-electron chi connectivity index (χ2n) is 4.56. The maximum absolute atomic E-state index is 12.1. The zero-order valence-corrected chi connectivity index (χ0v) is 13.7. The molecule has 0 fully saturated rings. The van der Waals surface area contributed by atoms with Gasteiger partial charge in [0.05, 0.1) is 5.75 Å². The third-order valence-corrected chi connectivity index (χ3v) is 4.75. The van der Waals surface area contributed by atoms with Gasteiger partial charge < -0.3 is 10.1 Å². The Morgan fingerprint density at radius 3 is 2.79 bits per heavy atom. The highest BCUT2D eigenvalue weighted by Crippen LogP contribution is 2.27. The molecule has 0 saturated heterocycles. The number of nitrogens with zero attached hydrogens (tertiary/aromatic N) is 2. The summed E-state index contributed by atoms with van der Waals surface area (Å²) < 4.78 is 28.4. The van der Waals surface area contributed by atoms with E-state index in [1.54, 1.807) is 0 Å². The van der Waals surface area contributed by atoms with Crippen molar-refractivity contribution >= 4 is 44.9 Å². The molecule has 24 heavy (non-hydrogen) atoms. The SMILES string of the molecule is O=C(CSc1ncnc2sccc12)Nc1ccc(OC(F)F)cc1. The second-order valence-corrected chi connectivity index (χ2v) is 6.42. The Hall–Kier alpha value is -2.26. The van der Waals surface area contributed by atoms with Crippen LogP contribution in [-0.4, -0.2) is 28.2 Å². The van der Waals surface area contributed by atoms with Gasteiger partial charge >= 0.3 is 6.61 Å². The van der Waals surface area contributed by atoms with E-state index in [-0.39, 0.29) is 17.4 Å². The minimum absolute atomic E-state index is 0.0400. The van der Waals surface area contributed by atoms with Gasteiger partial charge in [-0.25, -0.2) is 9.97 Å². The summed E-state index contributed by atoms with van der Waals surface area (Å²) in [5.74, 6) is -0.000205. The summed E-state index contributed by atoms with van der Waals surface area (Å²) in [5, 5.41) is 6.29. The highest BCUT2D eigenvalue weighted by molar-refractivity contribution is 8.00. The average molecular weight is 367 g/mol. The van der Waals surface area contributed by atoms with Gasteiger partial charge in [-0.15, -0.1) is 11.3 Å². The van der Waals surface area contributed by atoms with Crippen LogP contribution in [-0.2, 0) is 4.79 Å². The zero-order chi connectivity index (χ0) is 16.9. The van der Waals surface area contributed by atoms with Crippen molar-refractivity contribution in [3.05, 3.63) is 42.0 Å². The standard InChI is InChI=1S/C15H11F2N3O2S2/c16-15(17)22-10-3-1-9(2-4-10)20-12(21)7-24-14-11-5-6-23-13(11)18-8-19-14/h1-6,8,15H,7H2,(H,20,21). The van der Waals surface area contributed by atoms with E-state index in [0.717, 1.165) is 15.2 Å². The zero-order valence-electron chi connectivity index (χ0n) is 12.1. The number of thioether (sulfide) groups is 1. The summed E-state index contributed by atoms with van der Waals surface area (Å²) in [7, 11) is 0. The molecule has 2 heterocycles. The molecule has 0 unspecified atom stereocenters. The van der Waals surface area contributed by atoms with Crippen molar-refractivity contribution in [1.82, 2.24) is 9.97 Å². The molecule has 0 aliphatic rings. The first-order chi connectivity index (χ1) is 11.6. The number of aromatic nitrogens is 2. The number of fused-ring (bicyclic) bond motifs is 1. The Bertz CT molecular complexity index is 840. The number of carbonyl (C=O) groups is 1. The molecular weight excluding hydrogens is 356 g/mol. The van der Waals surface area contributed by atoms with Crippen LogP contribution in [0.1, 0.15) is 0 Å². The van der Waals surface area contributed by atoms with Gasteiger partial charge in [0.1, 0.15) is 21.9 Å². The number of nitrogens with one attached hydrogen (secondary N) is 1. The predicted octanol–water partition coefficient (Wildman–Crippen LogP) is 4.02. The molecule has 0 spiro atoms. The van der Waals surface area contributed by atoms with Gasteiger partial charge in [-0.05, 0) is 35.7 Å². The summed E-state index contributed by atoms with van der Waals surface area (Å²) in [5.41, 5.74) is 0.505. The first kappa shape index (κ1) is 16.6. The molecule has 0 bridgehead atoms. The van der Waals surface area contributed by atoms with Gasteiger partial charge in [0, 0.05) is 11.1 Å². The van der Waals surface area contributed by atoms with E-state index in [1.807, 2.05) is 11.4 Å². The van der Waals surface area contributed by atoms with Crippen LogP contribution >= 0.6 is 23.1 Å². The summed E-state index contributed by atoms with van der Waals surface area (Å²) in [6.07, 6.45) is 1.47. The van der Waals surface area contributed by atoms with Gasteiger partial charge in [0.2, 0.25) is 5.91 Å². The number of ether oxygens (including phenoxy) is 1. The van der Waals surface area contributed by atoms with Crippen LogP contribution in [0.25, 0.3) is 10.2 Å².